The molecule has 0 unspecified atom stereocenters. The molecule has 8 nitrogen and oxygen atoms in total. The number of carbonyl (C=O) groups excluding carboxylic acids is 2. The van der Waals surface area contributed by atoms with E-state index in [4.69, 9.17) is 9.94 Å². The summed E-state index contributed by atoms with van der Waals surface area (Å²) in [6.07, 6.45) is 2.79. The van der Waals surface area contributed by atoms with Crippen LogP contribution >= 0.6 is 0 Å². The second-order valence-corrected chi connectivity index (χ2v) is 11.0. The predicted molar refractivity (Wildman–Crippen MR) is 147 cm³/mol. The second-order valence-electron chi connectivity index (χ2n) is 11.0. The quantitative estimate of drug-likeness (QED) is 0.267. The summed E-state index contributed by atoms with van der Waals surface area (Å²) in [6, 6.07) is 17.5. The minimum Gasteiger partial charge on any atom is -0.489 e. The standard InChI is InChI=1S/C30H38N4O4/c1-21-18-23(26-6-4-5-7-27(26)31-21)19-38-25-10-8-22(9-11-25)29(36)32-24-13-16-34(17-14-24)20-30(2,3)15-12-28(35)33-37/h4-11,18,24,37H,12-17,19-20H2,1-3H3,(H,32,36)(H,33,35). The van der Waals surface area contributed by atoms with E-state index in [1.807, 2.05) is 43.3 Å². The summed E-state index contributed by atoms with van der Waals surface area (Å²) >= 11 is 0. The van der Waals surface area contributed by atoms with E-state index in [-0.39, 0.29) is 23.3 Å². The van der Waals surface area contributed by atoms with Crippen LogP contribution in [0.2, 0.25) is 0 Å². The Hall–Kier alpha value is -3.49. The Bertz CT molecular complexity index is 1250. The van der Waals surface area contributed by atoms with E-state index in [0.29, 0.717) is 30.8 Å². The van der Waals surface area contributed by atoms with Gasteiger partial charge in [-0.2, -0.15) is 0 Å². The van der Waals surface area contributed by atoms with Crippen molar-refractivity contribution in [1.82, 2.24) is 20.7 Å². The summed E-state index contributed by atoms with van der Waals surface area (Å²) in [5.41, 5.74) is 5.28. The molecule has 38 heavy (non-hydrogen) atoms. The molecule has 202 valence electrons. The molecule has 1 aliphatic rings. The summed E-state index contributed by atoms with van der Waals surface area (Å²) in [5.74, 6) is 0.296. The third-order valence-electron chi connectivity index (χ3n) is 7.17. The molecule has 1 aliphatic heterocycles. The maximum Gasteiger partial charge on any atom is 0.251 e. The van der Waals surface area contributed by atoms with Crippen molar-refractivity contribution in [2.45, 2.75) is 59.1 Å². The average Bonchev–Trinajstić information content (AvgIpc) is 2.91. The lowest BCUT2D eigenvalue weighted by molar-refractivity contribution is -0.129. The minimum atomic E-state index is -0.350. The monoisotopic (exact) mass is 518 g/mol. The Morgan fingerprint density at radius 3 is 2.53 bits per heavy atom. The molecule has 0 aliphatic carbocycles. The largest absolute Gasteiger partial charge is 0.489 e. The highest BCUT2D eigenvalue weighted by atomic mass is 16.5. The molecule has 0 radical (unpaired) electrons. The average molecular weight is 519 g/mol. The van der Waals surface area contributed by atoms with Crippen LogP contribution in [0.5, 0.6) is 5.75 Å². The molecule has 2 aromatic carbocycles. The van der Waals surface area contributed by atoms with Crippen molar-refractivity contribution in [3.05, 3.63) is 71.4 Å². The van der Waals surface area contributed by atoms with E-state index in [0.717, 1.165) is 54.6 Å². The summed E-state index contributed by atoms with van der Waals surface area (Å²) in [4.78, 5) is 31.2. The molecule has 0 atom stereocenters. The number of nitrogens with one attached hydrogen (secondary N) is 2. The molecule has 2 heterocycles. The molecule has 1 aromatic heterocycles. The van der Waals surface area contributed by atoms with E-state index in [1.54, 1.807) is 17.6 Å². The van der Waals surface area contributed by atoms with E-state index in [9.17, 15) is 9.59 Å². The number of fused-ring (bicyclic) bond motifs is 1. The van der Waals surface area contributed by atoms with Gasteiger partial charge in [0, 0.05) is 54.3 Å². The Morgan fingerprint density at radius 2 is 1.82 bits per heavy atom. The number of hydroxylamine groups is 1. The maximum absolute atomic E-state index is 12.8. The number of benzene rings is 2. The SMILES string of the molecule is Cc1cc(COc2ccc(C(=O)NC3CCN(CC(C)(C)CCC(=O)NO)CC3)cc2)c2ccccc2n1. The molecule has 4 rings (SSSR count). The van der Waals surface area contributed by atoms with Gasteiger partial charge in [0.2, 0.25) is 5.91 Å². The number of aromatic nitrogens is 1. The van der Waals surface area contributed by atoms with Crippen molar-refractivity contribution in [3.8, 4) is 5.75 Å². The van der Waals surface area contributed by atoms with Gasteiger partial charge < -0.3 is 15.0 Å². The summed E-state index contributed by atoms with van der Waals surface area (Å²) in [5, 5.41) is 13.0. The third-order valence-corrected chi connectivity index (χ3v) is 7.17. The van der Waals surface area contributed by atoms with Crippen LogP contribution < -0.4 is 15.5 Å². The zero-order valence-corrected chi connectivity index (χ0v) is 22.5. The Labute approximate surface area is 224 Å². The van der Waals surface area contributed by atoms with Crippen LogP contribution in [-0.4, -0.2) is 52.6 Å². The molecular formula is C30H38N4O4. The molecule has 3 N–H and O–H groups in total. The lowest BCUT2D eigenvalue weighted by Gasteiger charge is -2.37. The van der Waals surface area contributed by atoms with Gasteiger partial charge in [0.05, 0.1) is 5.52 Å². The second kappa shape index (κ2) is 12.4. The van der Waals surface area contributed by atoms with E-state index >= 15 is 0 Å². The Kier molecular flexibility index (Phi) is 8.97. The lowest BCUT2D eigenvalue weighted by Crippen LogP contribution is -2.47. The van der Waals surface area contributed by atoms with Gasteiger partial charge in [0.25, 0.3) is 5.91 Å². The molecule has 3 aromatic rings. The van der Waals surface area contributed by atoms with E-state index < -0.39 is 0 Å². The predicted octanol–water partition coefficient (Wildman–Crippen LogP) is 4.63. The summed E-state index contributed by atoms with van der Waals surface area (Å²) < 4.78 is 6.03. The van der Waals surface area contributed by atoms with Crippen molar-refractivity contribution < 1.29 is 19.5 Å². The van der Waals surface area contributed by atoms with Crippen molar-refractivity contribution >= 4 is 22.7 Å². The number of aryl methyl sites for hydroxylation is 1. The van der Waals surface area contributed by atoms with Crippen LogP contribution in [0.25, 0.3) is 10.9 Å². The number of piperidine rings is 1. The summed E-state index contributed by atoms with van der Waals surface area (Å²) in [7, 11) is 0. The smallest absolute Gasteiger partial charge is 0.251 e. The van der Waals surface area contributed by atoms with Gasteiger partial charge in [-0.1, -0.05) is 32.0 Å². The number of para-hydroxylation sites is 1. The van der Waals surface area contributed by atoms with Gasteiger partial charge in [0.1, 0.15) is 12.4 Å². The van der Waals surface area contributed by atoms with Gasteiger partial charge in [-0.25, -0.2) is 5.48 Å². The first-order valence-corrected chi connectivity index (χ1v) is 13.3. The highest BCUT2D eigenvalue weighted by molar-refractivity contribution is 5.94. The zero-order valence-electron chi connectivity index (χ0n) is 22.5. The van der Waals surface area contributed by atoms with Crippen molar-refractivity contribution in [2.24, 2.45) is 5.41 Å². The third kappa shape index (κ3) is 7.52. The molecule has 2 amide bonds. The summed E-state index contributed by atoms with van der Waals surface area (Å²) in [6.45, 7) is 9.36. The number of rotatable bonds is 10. The number of hydrogen-bond acceptors (Lipinski definition) is 6. The highest BCUT2D eigenvalue weighted by Gasteiger charge is 2.27. The molecule has 0 bridgehead atoms. The Balaban J connectivity index is 1.24. The van der Waals surface area contributed by atoms with Crippen molar-refractivity contribution in [2.75, 3.05) is 19.6 Å². The number of pyridine rings is 1. The normalized spacial score (nSPS) is 14.8. The van der Waals surface area contributed by atoms with Crippen LogP contribution in [0.3, 0.4) is 0 Å². The van der Waals surface area contributed by atoms with Crippen LogP contribution in [0.4, 0.5) is 0 Å². The minimum absolute atomic E-state index is 0.0320. The topological polar surface area (TPSA) is 104 Å². The van der Waals surface area contributed by atoms with Crippen LogP contribution in [0.15, 0.2) is 54.6 Å². The van der Waals surface area contributed by atoms with Crippen LogP contribution in [0.1, 0.15) is 61.1 Å². The van der Waals surface area contributed by atoms with Crippen molar-refractivity contribution in [3.63, 3.8) is 0 Å². The first-order chi connectivity index (χ1) is 18.2. The van der Waals surface area contributed by atoms with Gasteiger partial charge in [0.15, 0.2) is 0 Å². The number of hydrogen-bond donors (Lipinski definition) is 3. The molecule has 1 saturated heterocycles. The molecule has 1 fully saturated rings. The molecular weight excluding hydrogens is 480 g/mol. The zero-order chi connectivity index (χ0) is 27.1. The molecule has 0 spiro atoms. The van der Waals surface area contributed by atoms with Gasteiger partial charge in [-0.15, -0.1) is 0 Å². The first-order valence-electron chi connectivity index (χ1n) is 13.3. The number of amides is 2. The maximum atomic E-state index is 12.8. The fourth-order valence-electron chi connectivity index (χ4n) is 5.07. The Morgan fingerprint density at radius 1 is 1.11 bits per heavy atom. The van der Waals surface area contributed by atoms with Gasteiger partial charge in [-0.05, 0) is 68.0 Å². The fourth-order valence-corrected chi connectivity index (χ4v) is 5.07. The lowest BCUT2D eigenvalue weighted by atomic mass is 9.86. The van der Waals surface area contributed by atoms with Crippen molar-refractivity contribution in [1.29, 1.82) is 0 Å². The number of nitrogens with zero attached hydrogens (tertiary/aromatic N) is 2. The fraction of sp³-hybridized carbons (Fsp3) is 0.433. The number of ether oxygens (including phenoxy) is 1. The first kappa shape index (κ1) is 27.5. The number of carbonyl (C=O) groups is 2. The van der Waals surface area contributed by atoms with E-state index in [1.165, 1.54) is 0 Å². The molecule has 0 saturated carbocycles. The van der Waals surface area contributed by atoms with E-state index in [2.05, 4.69) is 35.1 Å². The molecule has 8 heteroatoms. The van der Waals surface area contributed by atoms with Crippen LogP contribution in [-0.2, 0) is 11.4 Å². The van der Waals surface area contributed by atoms with Gasteiger partial charge in [-0.3, -0.25) is 19.8 Å². The number of likely N-dealkylation sites (tertiary alicyclic amines) is 1. The van der Waals surface area contributed by atoms with Crippen LogP contribution in [0, 0.1) is 12.3 Å². The van der Waals surface area contributed by atoms with Gasteiger partial charge >= 0.3 is 0 Å². The highest BCUT2D eigenvalue weighted by Crippen LogP contribution is 2.26.